The summed E-state index contributed by atoms with van der Waals surface area (Å²) in [6, 6.07) is 0. The van der Waals surface area contributed by atoms with E-state index < -0.39 is 5.79 Å². The van der Waals surface area contributed by atoms with Gasteiger partial charge >= 0.3 is 0 Å². The van der Waals surface area contributed by atoms with Crippen LogP contribution in [0.2, 0.25) is 0 Å². The highest BCUT2D eigenvalue weighted by Gasteiger charge is 2.26. The maximum absolute atomic E-state index is 5.36. The third-order valence-electron chi connectivity index (χ3n) is 1.51. The van der Waals surface area contributed by atoms with Crippen molar-refractivity contribution in [3.63, 3.8) is 0 Å². The third-order valence-corrected chi connectivity index (χ3v) is 1.51. The lowest BCUT2D eigenvalue weighted by molar-refractivity contribution is -0.198. The summed E-state index contributed by atoms with van der Waals surface area (Å²) in [5.41, 5.74) is 0. The van der Waals surface area contributed by atoms with Crippen LogP contribution in [0.1, 0.15) is 13.8 Å². The number of ether oxygens (including phenoxy) is 3. The van der Waals surface area contributed by atoms with Crippen LogP contribution in [0.4, 0.5) is 0 Å². The number of hydrogen-bond acceptors (Lipinski definition) is 3. The third kappa shape index (κ3) is 2.64. The summed E-state index contributed by atoms with van der Waals surface area (Å²) >= 11 is 0. The fourth-order valence-corrected chi connectivity index (χ4v) is 0.517. The van der Waals surface area contributed by atoms with Gasteiger partial charge in [-0.25, -0.2) is 0 Å². The normalized spacial score (nSPS) is 24.9. The molecule has 3 heteroatoms. The van der Waals surface area contributed by atoms with E-state index in [0.29, 0.717) is 12.7 Å². The van der Waals surface area contributed by atoms with Crippen LogP contribution in [0.15, 0.2) is 0 Å². The minimum absolute atomic E-state index is 0.314. The van der Waals surface area contributed by atoms with Crippen molar-refractivity contribution >= 4 is 0 Å². The van der Waals surface area contributed by atoms with Crippen LogP contribution in [-0.2, 0) is 14.2 Å². The molecule has 1 rings (SSSR count). The maximum Gasteiger partial charge on any atom is 0.162 e. The zero-order valence-electron chi connectivity index (χ0n) is 6.72. The molecule has 1 aliphatic heterocycles. The lowest BCUT2D eigenvalue weighted by atomic mass is 10.4. The van der Waals surface area contributed by atoms with Crippen LogP contribution in [0.3, 0.4) is 0 Å². The molecule has 1 heterocycles. The molecule has 0 unspecified atom stereocenters. The van der Waals surface area contributed by atoms with Gasteiger partial charge in [-0.05, 0) is 13.8 Å². The predicted molar refractivity (Wildman–Crippen MR) is 36.8 cm³/mol. The highest BCUT2D eigenvalue weighted by molar-refractivity contribution is 4.68. The van der Waals surface area contributed by atoms with E-state index >= 15 is 0 Å². The standard InChI is InChI=1S/C7H14O3/c1-7(2,8-3)10-5-6-4-9-6/h6H,4-5H2,1-3H3/t6-/m1/s1. The molecule has 0 aromatic carbocycles. The molecule has 60 valence electrons. The largest absolute Gasteiger partial charge is 0.371 e. The smallest absolute Gasteiger partial charge is 0.162 e. The van der Waals surface area contributed by atoms with Crippen molar-refractivity contribution in [2.75, 3.05) is 20.3 Å². The van der Waals surface area contributed by atoms with Gasteiger partial charge in [0, 0.05) is 7.11 Å². The minimum Gasteiger partial charge on any atom is -0.371 e. The average Bonchev–Trinajstić information content (AvgIpc) is 2.66. The first kappa shape index (κ1) is 7.98. The van der Waals surface area contributed by atoms with Gasteiger partial charge in [-0.2, -0.15) is 0 Å². The second-order valence-electron chi connectivity index (χ2n) is 2.87. The first-order valence-electron chi connectivity index (χ1n) is 3.45. The van der Waals surface area contributed by atoms with Gasteiger partial charge in [-0.3, -0.25) is 0 Å². The van der Waals surface area contributed by atoms with E-state index in [4.69, 9.17) is 14.2 Å². The molecule has 1 aliphatic rings. The molecule has 0 radical (unpaired) electrons. The van der Waals surface area contributed by atoms with Crippen LogP contribution >= 0.6 is 0 Å². The van der Waals surface area contributed by atoms with Crippen LogP contribution in [0.5, 0.6) is 0 Å². The molecule has 0 aromatic heterocycles. The summed E-state index contributed by atoms with van der Waals surface area (Å²) in [4.78, 5) is 0. The Labute approximate surface area is 61.3 Å². The van der Waals surface area contributed by atoms with Gasteiger partial charge in [0.25, 0.3) is 0 Å². The van der Waals surface area contributed by atoms with Crippen LogP contribution in [-0.4, -0.2) is 32.2 Å². The van der Waals surface area contributed by atoms with Crippen molar-refractivity contribution in [2.24, 2.45) is 0 Å². The topological polar surface area (TPSA) is 31.0 Å². The van der Waals surface area contributed by atoms with Gasteiger partial charge in [0.2, 0.25) is 0 Å². The molecule has 0 spiro atoms. The molecule has 1 fully saturated rings. The van der Waals surface area contributed by atoms with Crippen LogP contribution < -0.4 is 0 Å². The molecule has 0 bridgehead atoms. The lowest BCUT2D eigenvalue weighted by Gasteiger charge is -2.22. The van der Waals surface area contributed by atoms with Crippen molar-refractivity contribution < 1.29 is 14.2 Å². The Kier molecular flexibility index (Phi) is 2.28. The van der Waals surface area contributed by atoms with Crippen LogP contribution in [0.25, 0.3) is 0 Å². The maximum atomic E-state index is 5.36. The lowest BCUT2D eigenvalue weighted by Crippen LogP contribution is -2.28. The molecule has 1 saturated heterocycles. The van der Waals surface area contributed by atoms with E-state index in [0.717, 1.165) is 6.61 Å². The molecule has 0 aliphatic carbocycles. The molecule has 0 amide bonds. The first-order chi connectivity index (χ1) is 4.64. The van der Waals surface area contributed by atoms with Gasteiger partial charge < -0.3 is 14.2 Å². The second-order valence-corrected chi connectivity index (χ2v) is 2.87. The molecule has 1 atom stereocenters. The average molecular weight is 146 g/mol. The van der Waals surface area contributed by atoms with Gasteiger partial charge in [-0.15, -0.1) is 0 Å². The molecular weight excluding hydrogens is 132 g/mol. The Morgan fingerprint density at radius 1 is 1.60 bits per heavy atom. The number of hydrogen-bond donors (Lipinski definition) is 0. The van der Waals surface area contributed by atoms with E-state index in [2.05, 4.69) is 0 Å². The molecule has 3 nitrogen and oxygen atoms in total. The quantitative estimate of drug-likeness (QED) is 0.434. The fraction of sp³-hybridized carbons (Fsp3) is 1.00. The molecule has 0 N–H and O–H groups in total. The van der Waals surface area contributed by atoms with Gasteiger partial charge in [0.15, 0.2) is 5.79 Å². The molecular formula is C7H14O3. The number of methoxy groups -OCH3 is 1. The van der Waals surface area contributed by atoms with Gasteiger partial charge in [0.05, 0.1) is 13.2 Å². The van der Waals surface area contributed by atoms with Crippen molar-refractivity contribution in [3.8, 4) is 0 Å². The second kappa shape index (κ2) is 2.86. The summed E-state index contributed by atoms with van der Waals surface area (Å²) in [6.45, 7) is 5.24. The minimum atomic E-state index is -0.466. The fourth-order valence-electron chi connectivity index (χ4n) is 0.517. The predicted octanol–water partition coefficient (Wildman–Crippen LogP) is 0.784. The van der Waals surface area contributed by atoms with Gasteiger partial charge in [-0.1, -0.05) is 0 Å². The van der Waals surface area contributed by atoms with Crippen molar-refractivity contribution in [2.45, 2.75) is 25.7 Å². The molecule has 10 heavy (non-hydrogen) atoms. The van der Waals surface area contributed by atoms with E-state index in [9.17, 15) is 0 Å². The van der Waals surface area contributed by atoms with Gasteiger partial charge in [0.1, 0.15) is 6.10 Å². The zero-order chi connectivity index (χ0) is 7.61. The summed E-state index contributed by atoms with van der Waals surface area (Å²) in [5, 5.41) is 0. The Hall–Kier alpha value is -0.120. The first-order valence-corrected chi connectivity index (χ1v) is 3.45. The number of epoxide rings is 1. The van der Waals surface area contributed by atoms with E-state index in [-0.39, 0.29) is 0 Å². The van der Waals surface area contributed by atoms with E-state index in [1.165, 1.54) is 0 Å². The Morgan fingerprint density at radius 3 is 2.60 bits per heavy atom. The summed E-state index contributed by atoms with van der Waals surface area (Å²) in [5.74, 6) is -0.466. The Balaban J connectivity index is 2.09. The molecule has 0 aromatic rings. The van der Waals surface area contributed by atoms with E-state index in [1.54, 1.807) is 7.11 Å². The van der Waals surface area contributed by atoms with Crippen molar-refractivity contribution in [1.29, 1.82) is 0 Å². The Bertz CT molecular complexity index is 107. The zero-order valence-corrected chi connectivity index (χ0v) is 6.72. The summed E-state index contributed by atoms with van der Waals surface area (Å²) < 4.78 is 15.4. The summed E-state index contributed by atoms with van der Waals surface area (Å²) in [7, 11) is 1.63. The highest BCUT2D eigenvalue weighted by Crippen LogP contribution is 2.15. The SMILES string of the molecule is COC(C)(C)OC[C@H]1CO1. The highest BCUT2D eigenvalue weighted by atomic mass is 16.7. The van der Waals surface area contributed by atoms with Crippen molar-refractivity contribution in [3.05, 3.63) is 0 Å². The van der Waals surface area contributed by atoms with Crippen LogP contribution in [0, 0.1) is 0 Å². The monoisotopic (exact) mass is 146 g/mol. The van der Waals surface area contributed by atoms with Crippen molar-refractivity contribution in [1.82, 2.24) is 0 Å². The Morgan fingerprint density at radius 2 is 2.20 bits per heavy atom. The molecule has 0 saturated carbocycles. The summed E-state index contributed by atoms with van der Waals surface area (Å²) in [6.07, 6.45) is 0.314. The van der Waals surface area contributed by atoms with E-state index in [1.807, 2.05) is 13.8 Å². The number of rotatable bonds is 4.